The Bertz CT molecular complexity index is 352. The second-order valence-corrected chi connectivity index (χ2v) is 4.92. The molecule has 0 unspecified atom stereocenters. The molecule has 0 bridgehead atoms. The molecule has 80 valence electrons. The highest BCUT2D eigenvalue weighted by molar-refractivity contribution is 7.62. The summed E-state index contributed by atoms with van der Waals surface area (Å²) in [7, 11) is 1.05. The van der Waals surface area contributed by atoms with Gasteiger partial charge < -0.3 is 18.8 Å². The number of H-pyrrole nitrogens is 1. The molecule has 6 heteroatoms. The highest BCUT2D eigenvalue weighted by atomic mass is 31.2. The van der Waals surface area contributed by atoms with Crippen LogP contribution in [-0.4, -0.2) is 26.3 Å². The van der Waals surface area contributed by atoms with Crippen LogP contribution in [0, 0.1) is 6.92 Å². The molecule has 1 rings (SSSR count). The molecule has 0 saturated heterocycles. The van der Waals surface area contributed by atoms with Gasteiger partial charge in [-0.1, -0.05) is 0 Å². The first-order valence-corrected chi connectivity index (χ1v) is 5.57. The molecule has 0 atom stereocenters. The average Bonchev–Trinajstić information content (AvgIpc) is 2.59. The van der Waals surface area contributed by atoms with Crippen molar-refractivity contribution in [2.75, 3.05) is 21.3 Å². The minimum atomic E-state index is -3.17. The van der Waals surface area contributed by atoms with Crippen LogP contribution in [0.2, 0.25) is 0 Å². The molecule has 1 N–H and O–H groups in total. The van der Waals surface area contributed by atoms with Crippen molar-refractivity contribution in [1.82, 2.24) is 4.98 Å². The van der Waals surface area contributed by atoms with E-state index in [1.807, 2.05) is 0 Å². The lowest BCUT2D eigenvalue weighted by atomic mass is 10.5. The summed E-state index contributed by atoms with van der Waals surface area (Å²) in [5.74, 6) is 0.534. The fourth-order valence-corrected chi connectivity index (χ4v) is 2.47. The van der Waals surface area contributed by atoms with Gasteiger partial charge in [0.2, 0.25) is 0 Å². The maximum absolute atomic E-state index is 12.0. The van der Waals surface area contributed by atoms with Crippen molar-refractivity contribution in [2.45, 2.75) is 6.92 Å². The first kappa shape index (κ1) is 11.3. The number of hydrogen-bond acceptors (Lipinski definition) is 4. The molecule has 0 aliphatic heterocycles. The Balaban J connectivity index is 3.17. The number of aromatic amines is 1. The van der Waals surface area contributed by atoms with Crippen molar-refractivity contribution < 1.29 is 18.3 Å². The van der Waals surface area contributed by atoms with Crippen LogP contribution < -0.4 is 10.0 Å². The zero-order valence-corrected chi connectivity index (χ0v) is 9.55. The van der Waals surface area contributed by atoms with Crippen LogP contribution in [0.3, 0.4) is 0 Å². The van der Waals surface area contributed by atoms with Crippen molar-refractivity contribution in [3.8, 4) is 5.88 Å². The predicted octanol–water partition coefficient (Wildman–Crippen LogP) is 1.44. The molecule has 0 radical (unpaired) electrons. The average molecular weight is 219 g/mol. The highest BCUT2D eigenvalue weighted by Gasteiger charge is 2.28. The van der Waals surface area contributed by atoms with E-state index in [0.29, 0.717) is 16.9 Å². The number of hydrogen-bond donors (Lipinski definition) is 1. The summed E-state index contributed by atoms with van der Waals surface area (Å²) in [4.78, 5) is 2.91. The Hall–Kier alpha value is -0.770. The quantitative estimate of drug-likeness (QED) is 0.778. The summed E-state index contributed by atoms with van der Waals surface area (Å²) in [5.41, 5.74) is 0.717. The zero-order chi connectivity index (χ0) is 10.8. The van der Waals surface area contributed by atoms with Gasteiger partial charge in [0.25, 0.3) is 0 Å². The zero-order valence-electron chi connectivity index (χ0n) is 8.66. The molecule has 14 heavy (non-hydrogen) atoms. The molecule has 1 heterocycles. The Kier molecular flexibility index (Phi) is 3.37. The number of aromatic nitrogens is 1. The molecule has 1 aromatic rings. The molecule has 5 nitrogen and oxygen atoms in total. The second kappa shape index (κ2) is 4.17. The molecule has 0 fully saturated rings. The third-order valence-corrected chi connectivity index (χ3v) is 3.97. The number of ether oxygens (including phenoxy) is 1. The molecule has 0 aromatic carbocycles. The van der Waals surface area contributed by atoms with Crippen LogP contribution in [0.5, 0.6) is 5.88 Å². The van der Waals surface area contributed by atoms with E-state index in [-0.39, 0.29) is 0 Å². The maximum atomic E-state index is 12.0. The highest BCUT2D eigenvalue weighted by Crippen LogP contribution is 2.46. The van der Waals surface area contributed by atoms with Crippen LogP contribution in [0.4, 0.5) is 0 Å². The Morgan fingerprint density at radius 1 is 1.29 bits per heavy atom. The normalized spacial score (nSPS) is 11.7. The molecule has 1 aromatic heterocycles. The number of aryl methyl sites for hydroxylation is 1. The first-order chi connectivity index (χ1) is 6.57. The minimum Gasteiger partial charge on any atom is -0.482 e. The molecule has 0 aliphatic rings. The predicted molar refractivity (Wildman–Crippen MR) is 53.3 cm³/mol. The lowest BCUT2D eigenvalue weighted by Gasteiger charge is -2.12. The largest absolute Gasteiger partial charge is 0.482 e. The van der Waals surface area contributed by atoms with Gasteiger partial charge in [0, 0.05) is 26.0 Å². The molecular formula is C8H14NO4P. The van der Waals surface area contributed by atoms with E-state index in [9.17, 15) is 4.57 Å². The third kappa shape index (κ3) is 1.85. The molecule has 0 saturated carbocycles. The van der Waals surface area contributed by atoms with E-state index in [1.165, 1.54) is 21.3 Å². The van der Waals surface area contributed by atoms with E-state index >= 15 is 0 Å². The van der Waals surface area contributed by atoms with Crippen molar-refractivity contribution in [1.29, 1.82) is 0 Å². The van der Waals surface area contributed by atoms with E-state index in [4.69, 9.17) is 13.8 Å². The number of rotatable bonds is 4. The van der Waals surface area contributed by atoms with Gasteiger partial charge in [-0.05, 0) is 6.92 Å². The second-order valence-electron chi connectivity index (χ2n) is 2.71. The van der Waals surface area contributed by atoms with Crippen LogP contribution in [0.15, 0.2) is 6.07 Å². The van der Waals surface area contributed by atoms with Gasteiger partial charge in [-0.15, -0.1) is 0 Å². The van der Waals surface area contributed by atoms with Crippen LogP contribution in [-0.2, 0) is 13.6 Å². The molecular weight excluding hydrogens is 205 g/mol. The van der Waals surface area contributed by atoms with Crippen molar-refractivity contribution >= 4 is 12.9 Å². The summed E-state index contributed by atoms with van der Waals surface area (Å²) < 4.78 is 26.7. The van der Waals surface area contributed by atoms with Gasteiger partial charge in [-0.3, -0.25) is 4.57 Å². The SMILES string of the molecule is COc1cc(P(=O)(OC)OC)c(C)[nH]1. The van der Waals surface area contributed by atoms with Gasteiger partial charge in [0.1, 0.15) is 0 Å². The molecule has 0 aliphatic carbocycles. The van der Waals surface area contributed by atoms with E-state index in [1.54, 1.807) is 13.0 Å². The van der Waals surface area contributed by atoms with E-state index < -0.39 is 7.60 Å². The molecule has 0 spiro atoms. The summed E-state index contributed by atoms with van der Waals surface area (Å²) in [6.45, 7) is 1.78. The van der Waals surface area contributed by atoms with Crippen molar-refractivity contribution in [2.24, 2.45) is 0 Å². The number of methoxy groups -OCH3 is 1. The van der Waals surface area contributed by atoms with E-state index in [0.717, 1.165) is 0 Å². The first-order valence-electron chi connectivity index (χ1n) is 4.03. The van der Waals surface area contributed by atoms with Gasteiger partial charge in [-0.2, -0.15) is 0 Å². The fraction of sp³-hybridized carbons (Fsp3) is 0.500. The monoisotopic (exact) mass is 219 g/mol. The van der Waals surface area contributed by atoms with E-state index in [2.05, 4.69) is 4.98 Å². The van der Waals surface area contributed by atoms with Gasteiger partial charge in [0.15, 0.2) is 5.88 Å². The summed E-state index contributed by atoms with van der Waals surface area (Å²) in [6, 6.07) is 1.61. The third-order valence-electron chi connectivity index (χ3n) is 1.96. The Morgan fingerprint density at radius 2 is 1.86 bits per heavy atom. The van der Waals surface area contributed by atoms with Gasteiger partial charge in [-0.25, -0.2) is 0 Å². The number of nitrogens with one attached hydrogen (secondary N) is 1. The Labute approximate surface area is 82.9 Å². The lowest BCUT2D eigenvalue weighted by Crippen LogP contribution is -2.08. The molecule has 0 amide bonds. The van der Waals surface area contributed by atoms with Gasteiger partial charge in [0.05, 0.1) is 12.4 Å². The van der Waals surface area contributed by atoms with Crippen LogP contribution >= 0.6 is 7.60 Å². The topological polar surface area (TPSA) is 60.6 Å². The Morgan fingerprint density at radius 3 is 2.21 bits per heavy atom. The fourth-order valence-electron chi connectivity index (χ4n) is 1.18. The van der Waals surface area contributed by atoms with Crippen LogP contribution in [0.25, 0.3) is 0 Å². The van der Waals surface area contributed by atoms with Crippen molar-refractivity contribution in [3.05, 3.63) is 11.8 Å². The van der Waals surface area contributed by atoms with Crippen molar-refractivity contribution in [3.63, 3.8) is 0 Å². The smallest absolute Gasteiger partial charge is 0.362 e. The maximum Gasteiger partial charge on any atom is 0.362 e. The summed E-state index contributed by atoms with van der Waals surface area (Å²) in [6.07, 6.45) is 0. The minimum absolute atomic E-state index is 0.499. The summed E-state index contributed by atoms with van der Waals surface area (Å²) in [5, 5.41) is 0.499. The van der Waals surface area contributed by atoms with Gasteiger partial charge >= 0.3 is 7.60 Å². The van der Waals surface area contributed by atoms with Crippen LogP contribution in [0.1, 0.15) is 5.69 Å². The summed E-state index contributed by atoms with van der Waals surface area (Å²) >= 11 is 0. The lowest BCUT2D eigenvalue weighted by molar-refractivity contribution is 0.287. The standard InChI is InChI=1S/C8H14NO4P/c1-6-7(5-8(9-6)11-2)14(10,12-3)13-4/h5,9H,1-4H3.